The second-order valence-electron chi connectivity index (χ2n) is 23.7. The molecule has 74 heavy (non-hydrogen) atoms. The Kier molecular flexibility index (Phi) is 11.6. The van der Waals surface area contributed by atoms with E-state index in [0.717, 1.165) is 61.4 Å². The molecule has 5 heteroatoms. The fourth-order valence-corrected chi connectivity index (χ4v) is 9.50. The Morgan fingerprint density at radius 3 is 1.61 bits per heavy atom. The number of aromatic nitrogens is 2. The van der Waals surface area contributed by atoms with Gasteiger partial charge in [-0.2, -0.15) is 0 Å². The van der Waals surface area contributed by atoms with Gasteiger partial charge in [0.25, 0.3) is 0 Å². The van der Waals surface area contributed by atoms with Crippen LogP contribution >= 0.6 is 0 Å². The summed E-state index contributed by atoms with van der Waals surface area (Å²) in [4.78, 5) is 4.96. The molecule has 2 N–H and O–H groups in total. The summed E-state index contributed by atoms with van der Waals surface area (Å²) >= 11 is 0. The Balaban J connectivity index is 1.05. The van der Waals surface area contributed by atoms with Crippen LogP contribution in [0, 0.1) is 0 Å². The third-order valence-corrected chi connectivity index (χ3v) is 14.0. The van der Waals surface area contributed by atoms with Gasteiger partial charge in [0.15, 0.2) is 0 Å². The van der Waals surface area contributed by atoms with E-state index in [1.165, 1.54) is 16.7 Å². The normalized spacial score (nSPS) is 13.1. The van der Waals surface area contributed by atoms with Crippen molar-refractivity contribution in [2.75, 3.05) is 10.6 Å². The number of nitrogens with one attached hydrogen (secondary N) is 2. The largest absolute Gasteiger partial charge is 0.457 e. The van der Waals surface area contributed by atoms with E-state index in [1.54, 1.807) is 0 Å². The van der Waals surface area contributed by atoms with E-state index in [2.05, 4.69) is 171 Å². The Hall–Kier alpha value is -7.89. The van der Waals surface area contributed by atoms with Gasteiger partial charge < -0.3 is 15.4 Å². The zero-order valence-corrected chi connectivity index (χ0v) is 45.0. The molecular formula is C69H70N4O. The first-order chi connectivity index (χ1) is 36.8. The van der Waals surface area contributed by atoms with Crippen molar-refractivity contribution in [3.8, 4) is 50.7 Å². The van der Waals surface area contributed by atoms with E-state index in [9.17, 15) is 5.48 Å². The molecule has 10 rings (SSSR count). The van der Waals surface area contributed by atoms with Gasteiger partial charge in [0, 0.05) is 45.9 Å². The number of benzene rings is 8. The first kappa shape index (κ1) is 44.8. The molecule has 0 saturated carbocycles. The highest BCUT2D eigenvalue weighted by molar-refractivity contribution is 6.09. The van der Waals surface area contributed by atoms with Gasteiger partial charge in [-0.15, -0.1) is 0 Å². The minimum absolute atomic E-state index is 0.0183. The van der Waals surface area contributed by atoms with Crippen LogP contribution in [-0.4, -0.2) is 9.55 Å². The van der Waals surface area contributed by atoms with E-state index < -0.39 is 0 Å². The monoisotopic (exact) mass is 975 g/mol. The number of para-hydroxylation sites is 4. The molecule has 0 bridgehead atoms. The maximum Gasteiger partial charge on any atom is 0.137 e. The third kappa shape index (κ3) is 10.3. The van der Waals surface area contributed by atoms with E-state index >= 15 is 0 Å². The van der Waals surface area contributed by atoms with Crippen LogP contribution in [0.1, 0.15) is 111 Å². The molecule has 5 nitrogen and oxygen atoms in total. The van der Waals surface area contributed by atoms with Gasteiger partial charge >= 0.3 is 0 Å². The van der Waals surface area contributed by atoms with Crippen LogP contribution in [0.15, 0.2) is 194 Å². The number of hydrogen-bond donors (Lipinski definition) is 2. The van der Waals surface area contributed by atoms with Crippen LogP contribution in [0.5, 0.6) is 11.5 Å². The highest BCUT2D eigenvalue weighted by Gasteiger charge is 2.24. The highest BCUT2D eigenvalue weighted by atomic mass is 16.5. The topological polar surface area (TPSA) is 51.1 Å². The van der Waals surface area contributed by atoms with Crippen LogP contribution in [-0.2, 0) is 21.7 Å². The fourth-order valence-electron chi connectivity index (χ4n) is 9.50. The van der Waals surface area contributed by atoms with Crippen molar-refractivity contribution in [3.05, 3.63) is 216 Å². The van der Waals surface area contributed by atoms with Gasteiger partial charge in [0.05, 0.1) is 33.6 Å². The molecule has 10 aromatic rings. The van der Waals surface area contributed by atoms with Crippen molar-refractivity contribution >= 4 is 44.6 Å². The summed E-state index contributed by atoms with van der Waals surface area (Å²) in [5, 5.41) is 9.75. The quantitative estimate of drug-likeness (QED) is 0.143. The molecule has 2 aromatic heterocycles. The van der Waals surface area contributed by atoms with Crippen molar-refractivity contribution in [2.24, 2.45) is 0 Å². The van der Waals surface area contributed by atoms with Crippen LogP contribution in [0.2, 0.25) is 0 Å². The SMILES string of the molecule is [2H]c1c([2H])c(-c2cccc(-c3cc(C(C)(C)C)cc(C(C)(C)C)c3)c2Nc2ccccc2Nc2cccc(Oc3ccc4c5ccccc5n(-c5ccc(C(C)(C)C)cn5)c4c3)c2)c([2H])c([2H])c1-c1ccc(C(C)(C)C)cc1. The highest BCUT2D eigenvalue weighted by Crippen LogP contribution is 2.44. The maximum atomic E-state index is 9.67. The van der Waals surface area contributed by atoms with Crippen molar-refractivity contribution in [2.45, 2.75) is 105 Å². The summed E-state index contributed by atoms with van der Waals surface area (Å²) in [6.45, 7) is 26.4. The summed E-state index contributed by atoms with van der Waals surface area (Å²) in [6.07, 6.45) is 1.98. The van der Waals surface area contributed by atoms with Gasteiger partial charge in [0.2, 0.25) is 0 Å². The number of pyridine rings is 1. The standard InChI is InChI=1S/C69H70N4O/c1-66(2,3)49-33-31-46(32-34-49)45-27-29-47(30-28-45)56-22-18-23-57(48-39-51(68(7,8)9)41-52(40-48)69(10,11)12)65(56)72-61-25-15-14-24-60(61)71-53-19-17-20-54(42-53)74-55-36-37-59-58-21-13-16-26-62(58)73(63(59)43-55)64-38-35-50(44-70-64)67(4,5)6/h13-44,71-72H,1-12H3/i27D,28D,29D,30D. The predicted molar refractivity (Wildman–Crippen MR) is 316 cm³/mol. The second-order valence-corrected chi connectivity index (χ2v) is 23.7. The molecule has 0 unspecified atom stereocenters. The molecule has 372 valence electrons. The van der Waals surface area contributed by atoms with E-state index in [1.807, 2.05) is 97.2 Å². The van der Waals surface area contributed by atoms with Crippen molar-refractivity contribution in [1.29, 1.82) is 0 Å². The molecule has 0 atom stereocenters. The lowest BCUT2D eigenvalue weighted by Gasteiger charge is -2.27. The maximum absolute atomic E-state index is 9.67. The molecule has 0 amide bonds. The summed E-state index contributed by atoms with van der Waals surface area (Å²) < 4.78 is 47.2. The molecule has 0 aliphatic carbocycles. The zero-order valence-electron chi connectivity index (χ0n) is 49.0. The predicted octanol–water partition coefficient (Wildman–Crippen LogP) is 19.6. The molecule has 0 saturated heterocycles. The molecule has 0 radical (unpaired) electrons. The minimum atomic E-state index is -0.164. The molecular weight excluding hydrogens is 901 g/mol. The van der Waals surface area contributed by atoms with Gasteiger partial charge in [-0.05, 0) is 115 Å². The lowest BCUT2D eigenvalue weighted by molar-refractivity contribution is 0.483. The van der Waals surface area contributed by atoms with Crippen molar-refractivity contribution in [1.82, 2.24) is 9.55 Å². The Bertz CT molecular complexity index is 3840. The van der Waals surface area contributed by atoms with Crippen molar-refractivity contribution in [3.63, 3.8) is 0 Å². The Morgan fingerprint density at radius 2 is 0.973 bits per heavy atom. The summed E-state index contributed by atoms with van der Waals surface area (Å²) in [5.74, 6) is 2.18. The smallest absolute Gasteiger partial charge is 0.137 e. The number of ether oxygens (including phenoxy) is 1. The minimum Gasteiger partial charge on any atom is -0.457 e. The van der Waals surface area contributed by atoms with Gasteiger partial charge in [0.1, 0.15) is 17.3 Å². The Morgan fingerprint density at radius 1 is 0.419 bits per heavy atom. The second kappa shape index (κ2) is 19.2. The molecule has 8 aromatic carbocycles. The fraction of sp³-hybridized carbons (Fsp3) is 0.232. The number of hydrogen-bond acceptors (Lipinski definition) is 4. The number of anilines is 4. The van der Waals surface area contributed by atoms with Gasteiger partial charge in [-0.3, -0.25) is 4.57 Å². The lowest BCUT2D eigenvalue weighted by Crippen LogP contribution is -2.16. The average Bonchev–Trinajstić information content (AvgIpc) is 3.85. The molecule has 0 aliphatic heterocycles. The summed E-state index contributed by atoms with van der Waals surface area (Å²) in [6, 6.07) is 54.9. The Labute approximate surface area is 445 Å². The molecule has 0 spiro atoms. The number of nitrogens with zero attached hydrogens (tertiary/aromatic N) is 2. The number of rotatable bonds is 10. The number of fused-ring (bicyclic) bond motifs is 3. The van der Waals surface area contributed by atoms with E-state index in [-0.39, 0.29) is 57.0 Å². The molecule has 0 aliphatic rings. The van der Waals surface area contributed by atoms with Crippen LogP contribution in [0.3, 0.4) is 0 Å². The van der Waals surface area contributed by atoms with Crippen molar-refractivity contribution < 1.29 is 10.2 Å². The van der Waals surface area contributed by atoms with Gasteiger partial charge in [-0.25, -0.2) is 4.98 Å². The lowest BCUT2D eigenvalue weighted by atomic mass is 9.78. The van der Waals surface area contributed by atoms with Crippen LogP contribution in [0.4, 0.5) is 22.7 Å². The first-order valence-corrected chi connectivity index (χ1v) is 25.8. The summed E-state index contributed by atoms with van der Waals surface area (Å²) in [7, 11) is 0. The van der Waals surface area contributed by atoms with E-state index in [0.29, 0.717) is 28.3 Å². The first-order valence-electron chi connectivity index (χ1n) is 27.8. The van der Waals surface area contributed by atoms with Crippen LogP contribution < -0.4 is 15.4 Å². The third-order valence-electron chi connectivity index (χ3n) is 14.0. The zero-order chi connectivity index (χ0) is 55.6. The van der Waals surface area contributed by atoms with Crippen LogP contribution in [0.25, 0.3) is 61.0 Å². The van der Waals surface area contributed by atoms with E-state index in [4.69, 9.17) is 9.72 Å². The molecule has 0 fully saturated rings. The molecule has 2 heterocycles. The average molecular weight is 975 g/mol. The summed E-state index contributed by atoms with van der Waals surface area (Å²) in [5.41, 5.74) is 12.8. The van der Waals surface area contributed by atoms with Gasteiger partial charge in [-0.1, -0.05) is 210 Å².